The summed E-state index contributed by atoms with van der Waals surface area (Å²) in [7, 11) is 0. The summed E-state index contributed by atoms with van der Waals surface area (Å²) in [5, 5.41) is 14.2. The zero-order valence-electron chi connectivity index (χ0n) is 14.6. The number of aromatic nitrogens is 3. The molecule has 8 heteroatoms. The van der Waals surface area contributed by atoms with Crippen molar-refractivity contribution >= 4 is 23.2 Å². The van der Waals surface area contributed by atoms with Crippen LogP contribution in [0.2, 0.25) is 0 Å². The largest absolute Gasteiger partial charge is 0.454 e. The Kier molecular flexibility index (Phi) is 4.52. The van der Waals surface area contributed by atoms with E-state index in [4.69, 9.17) is 9.47 Å². The number of fused-ring (bicyclic) bond motifs is 1. The Morgan fingerprint density at radius 3 is 2.93 bits per heavy atom. The summed E-state index contributed by atoms with van der Waals surface area (Å²) in [6.45, 7) is 2.29. The van der Waals surface area contributed by atoms with Gasteiger partial charge in [-0.1, -0.05) is 18.2 Å². The monoisotopic (exact) mass is 363 g/mol. The molecule has 1 aromatic heterocycles. The molecule has 0 aliphatic carbocycles. The smallest absolute Gasteiger partial charge is 0.244 e. The highest BCUT2D eigenvalue weighted by Crippen LogP contribution is 2.32. The fraction of sp³-hybridized carbons (Fsp3) is 0.158. The lowest BCUT2D eigenvalue weighted by molar-refractivity contribution is 0.101. The fourth-order valence-corrected chi connectivity index (χ4v) is 2.63. The van der Waals surface area contributed by atoms with Gasteiger partial charge < -0.3 is 20.1 Å². The third-order valence-corrected chi connectivity index (χ3v) is 3.99. The summed E-state index contributed by atoms with van der Waals surface area (Å²) in [6.07, 6.45) is 1.52. The lowest BCUT2D eigenvalue weighted by Gasteiger charge is -2.09. The SMILES string of the molecule is CC(=O)c1cccc(Nc2cnnc(NCc3ccc4c(c3)OCO4)n2)c1. The number of rotatable bonds is 6. The predicted octanol–water partition coefficient (Wildman–Crippen LogP) is 3.16. The molecule has 0 radical (unpaired) electrons. The Morgan fingerprint density at radius 2 is 2.04 bits per heavy atom. The standard InChI is InChI=1S/C19H17N5O3/c1-12(25)14-3-2-4-15(8-14)22-18-10-21-24-19(23-18)20-9-13-5-6-16-17(7-13)27-11-26-16/h2-8,10H,9,11H2,1H3,(H2,20,22,23,24). The predicted molar refractivity (Wildman–Crippen MR) is 99.4 cm³/mol. The van der Waals surface area contributed by atoms with Crippen LogP contribution in [0.4, 0.5) is 17.5 Å². The molecule has 27 heavy (non-hydrogen) atoms. The summed E-state index contributed by atoms with van der Waals surface area (Å²) in [4.78, 5) is 15.9. The van der Waals surface area contributed by atoms with Gasteiger partial charge in [-0.15, -0.1) is 5.10 Å². The van der Waals surface area contributed by atoms with Crippen molar-refractivity contribution in [2.75, 3.05) is 17.4 Å². The molecule has 1 aliphatic rings. The minimum absolute atomic E-state index is 0.00513. The Bertz CT molecular complexity index is 993. The van der Waals surface area contributed by atoms with Gasteiger partial charge in [0.2, 0.25) is 12.7 Å². The highest BCUT2D eigenvalue weighted by Gasteiger charge is 2.13. The fourth-order valence-electron chi connectivity index (χ4n) is 2.63. The van der Waals surface area contributed by atoms with Crippen molar-refractivity contribution in [3.63, 3.8) is 0 Å². The van der Waals surface area contributed by atoms with Crippen LogP contribution in [0.1, 0.15) is 22.8 Å². The summed E-state index contributed by atoms with van der Waals surface area (Å²) < 4.78 is 10.7. The molecule has 0 saturated carbocycles. The van der Waals surface area contributed by atoms with Gasteiger partial charge in [0, 0.05) is 17.8 Å². The zero-order chi connectivity index (χ0) is 18.6. The van der Waals surface area contributed by atoms with Crippen LogP contribution in [0.25, 0.3) is 0 Å². The molecular formula is C19H17N5O3. The van der Waals surface area contributed by atoms with Crippen molar-refractivity contribution in [3.05, 3.63) is 59.8 Å². The highest BCUT2D eigenvalue weighted by molar-refractivity contribution is 5.95. The lowest BCUT2D eigenvalue weighted by Crippen LogP contribution is -2.06. The maximum Gasteiger partial charge on any atom is 0.244 e. The van der Waals surface area contributed by atoms with E-state index in [-0.39, 0.29) is 12.6 Å². The summed E-state index contributed by atoms with van der Waals surface area (Å²) in [6, 6.07) is 12.9. The molecule has 0 bridgehead atoms. The Balaban J connectivity index is 1.43. The van der Waals surface area contributed by atoms with Gasteiger partial charge in [-0.3, -0.25) is 4.79 Å². The van der Waals surface area contributed by atoms with E-state index < -0.39 is 0 Å². The van der Waals surface area contributed by atoms with Crippen LogP contribution in [0, 0.1) is 0 Å². The molecule has 136 valence electrons. The van der Waals surface area contributed by atoms with Gasteiger partial charge in [0.15, 0.2) is 23.1 Å². The highest BCUT2D eigenvalue weighted by atomic mass is 16.7. The van der Waals surface area contributed by atoms with E-state index >= 15 is 0 Å². The maximum absolute atomic E-state index is 11.5. The molecule has 0 fully saturated rings. The molecule has 1 aliphatic heterocycles. The number of hydrogen-bond acceptors (Lipinski definition) is 8. The van der Waals surface area contributed by atoms with Crippen molar-refractivity contribution in [3.8, 4) is 11.5 Å². The van der Waals surface area contributed by atoms with Crippen LogP contribution < -0.4 is 20.1 Å². The van der Waals surface area contributed by atoms with Gasteiger partial charge in [-0.2, -0.15) is 10.1 Å². The molecule has 0 saturated heterocycles. The second-order valence-corrected chi connectivity index (χ2v) is 5.97. The van der Waals surface area contributed by atoms with Crippen molar-refractivity contribution in [2.45, 2.75) is 13.5 Å². The van der Waals surface area contributed by atoms with Gasteiger partial charge in [0.25, 0.3) is 0 Å². The van der Waals surface area contributed by atoms with Gasteiger partial charge in [-0.25, -0.2) is 0 Å². The van der Waals surface area contributed by atoms with Gasteiger partial charge in [0.05, 0.1) is 6.20 Å². The molecule has 0 amide bonds. The molecule has 8 nitrogen and oxygen atoms in total. The summed E-state index contributed by atoms with van der Waals surface area (Å²) >= 11 is 0. The van der Waals surface area contributed by atoms with E-state index in [0.29, 0.717) is 23.9 Å². The molecular weight excluding hydrogens is 346 g/mol. The first-order valence-electron chi connectivity index (χ1n) is 8.37. The maximum atomic E-state index is 11.5. The normalized spacial score (nSPS) is 11.9. The first kappa shape index (κ1) is 16.8. The molecule has 2 N–H and O–H groups in total. The number of carbonyl (C=O) groups is 1. The third kappa shape index (κ3) is 3.95. The second kappa shape index (κ2) is 7.28. The Morgan fingerprint density at radius 1 is 1.15 bits per heavy atom. The number of anilines is 3. The molecule has 4 rings (SSSR count). The average molecular weight is 363 g/mol. The van der Waals surface area contributed by atoms with Crippen LogP contribution in [0.5, 0.6) is 11.5 Å². The van der Waals surface area contributed by atoms with E-state index in [1.165, 1.54) is 13.1 Å². The van der Waals surface area contributed by atoms with E-state index in [1.54, 1.807) is 12.1 Å². The average Bonchev–Trinajstić information content (AvgIpc) is 3.15. The third-order valence-electron chi connectivity index (χ3n) is 3.99. The van der Waals surface area contributed by atoms with E-state index in [0.717, 1.165) is 22.7 Å². The quantitative estimate of drug-likeness (QED) is 0.645. The minimum Gasteiger partial charge on any atom is -0.454 e. The van der Waals surface area contributed by atoms with Crippen LogP contribution >= 0.6 is 0 Å². The number of ketones is 1. The van der Waals surface area contributed by atoms with Gasteiger partial charge >= 0.3 is 0 Å². The number of hydrogen-bond donors (Lipinski definition) is 2. The molecule has 2 aromatic carbocycles. The molecule has 2 heterocycles. The topological polar surface area (TPSA) is 98.3 Å². The van der Waals surface area contributed by atoms with Crippen molar-refractivity contribution in [2.24, 2.45) is 0 Å². The molecule has 0 atom stereocenters. The number of nitrogens with one attached hydrogen (secondary N) is 2. The van der Waals surface area contributed by atoms with Crippen LogP contribution in [-0.2, 0) is 6.54 Å². The van der Waals surface area contributed by atoms with E-state index in [1.807, 2.05) is 30.3 Å². The second-order valence-electron chi connectivity index (χ2n) is 5.97. The molecule has 0 spiro atoms. The van der Waals surface area contributed by atoms with E-state index in [9.17, 15) is 4.79 Å². The van der Waals surface area contributed by atoms with Gasteiger partial charge in [0.1, 0.15) is 0 Å². The molecule has 3 aromatic rings. The van der Waals surface area contributed by atoms with Crippen molar-refractivity contribution in [1.29, 1.82) is 0 Å². The van der Waals surface area contributed by atoms with Crippen LogP contribution in [0.3, 0.4) is 0 Å². The van der Waals surface area contributed by atoms with Crippen LogP contribution in [-0.4, -0.2) is 27.8 Å². The zero-order valence-corrected chi connectivity index (χ0v) is 14.6. The Hall–Kier alpha value is -3.68. The number of Topliss-reactive ketones (excluding diaryl/α,β-unsaturated/α-hetero) is 1. The van der Waals surface area contributed by atoms with Crippen LogP contribution in [0.15, 0.2) is 48.7 Å². The van der Waals surface area contributed by atoms with Gasteiger partial charge in [-0.05, 0) is 36.8 Å². The van der Waals surface area contributed by atoms with Crippen molar-refractivity contribution < 1.29 is 14.3 Å². The number of carbonyl (C=O) groups excluding carboxylic acids is 1. The number of benzene rings is 2. The summed E-state index contributed by atoms with van der Waals surface area (Å²) in [5.41, 5.74) is 2.39. The molecule has 0 unspecified atom stereocenters. The van der Waals surface area contributed by atoms with E-state index in [2.05, 4.69) is 25.8 Å². The summed E-state index contributed by atoms with van der Waals surface area (Å²) in [5.74, 6) is 2.40. The first-order chi connectivity index (χ1) is 13.2. The minimum atomic E-state index is 0.00513. The number of nitrogens with zero attached hydrogens (tertiary/aromatic N) is 3. The van der Waals surface area contributed by atoms with Crippen molar-refractivity contribution in [1.82, 2.24) is 15.2 Å². The number of ether oxygens (including phenoxy) is 2. The Labute approximate surface area is 155 Å². The lowest BCUT2D eigenvalue weighted by atomic mass is 10.1. The first-order valence-corrected chi connectivity index (χ1v) is 8.37.